The van der Waals surface area contributed by atoms with Gasteiger partial charge < -0.3 is 5.32 Å². The maximum absolute atomic E-state index is 5.84. The summed E-state index contributed by atoms with van der Waals surface area (Å²) in [5.74, 6) is 0.925. The van der Waals surface area contributed by atoms with Crippen molar-refractivity contribution < 1.29 is 0 Å². The van der Waals surface area contributed by atoms with Crippen LogP contribution in [-0.2, 0) is 0 Å². The van der Waals surface area contributed by atoms with E-state index in [-0.39, 0.29) is 0 Å². The molecule has 0 amide bonds. The number of hydrogen-bond acceptors (Lipinski definition) is 2. The van der Waals surface area contributed by atoms with Crippen molar-refractivity contribution >= 4 is 11.6 Å². The monoisotopic (exact) mass is 270 g/mol. The minimum Gasteiger partial charge on any atom is -0.311 e. The molecule has 0 spiro atoms. The van der Waals surface area contributed by atoms with Crippen LogP contribution in [0.3, 0.4) is 0 Å². The fourth-order valence-electron chi connectivity index (χ4n) is 3.03. The van der Waals surface area contributed by atoms with Gasteiger partial charge in [-0.2, -0.15) is 0 Å². The van der Waals surface area contributed by atoms with Crippen molar-refractivity contribution in [3.8, 4) is 0 Å². The first-order valence-corrected chi connectivity index (χ1v) is 7.58. The Hall–Kier alpha value is -0.0500. The molecule has 0 radical (unpaired) electrons. The van der Waals surface area contributed by atoms with Gasteiger partial charge in [0.1, 0.15) is 0 Å². The van der Waals surface area contributed by atoms with Crippen LogP contribution in [0.15, 0.2) is 11.1 Å². The first-order valence-electron chi connectivity index (χ1n) is 7.15. The van der Waals surface area contributed by atoms with Gasteiger partial charge in [0.2, 0.25) is 0 Å². The first-order chi connectivity index (χ1) is 8.41. The molecule has 1 saturated heterocycles. The van der Waals surface area contributed by atoms with Crippen molar-refractivity contribution in [1.29, 1.82) is 0 Å². The highest BCUT2D eigenvalue weighted by atomic mass is 35.5. The third-order valence-electron chi connectivity index (χ3n) is 4.27. The normalized spacial score (nSPS) is 31.7. The van der Waals surface area contributed by atoms with Gasteiger partial charge in [0.05, 0.1) is 0 Å². The highest BCUT2D eigenvalue weighted by Crippen LogP contribution is 2.36. The van der Waals surface area contributed by atoms with E-state index in [4.69, 9.17) is 11.6 Å². The van der Waals surface area contributed by atoms with Crippen LogP contribution in [0.2, 0.25) is 0 Å². The average Bonchev–Trinajstić information content (AvgIpc) is 3.11. The molecule has 1 N–H and O–H groups in total. The fraction of sp³-hybridized carbons (Fsp3) is 0.867. The number of hydrogen-bond donors (Lipinski definition) is 1. The van der Waals surface area contributed by atoms with E-state index in [1.165, 1.54) is 25.0 Å². The van der Waals surface area contributed by atoms with Gasteiger partial charge in [0, 0.05) is 37.3 Å². The Balaban J connectivity index is 2.04. The van der Waals surface area contributed by atoms with Gasteiger partial charge in [-0.25, -0.2) is 0 Å². The third-order valence-corrected chi connectivity index (χ3v) is 4.65. The third kappa shape index (κ3) is 3.49. The van der Waals surface area contributed by atoms with Crippen molar-refractivity contribution in [2.45, 2.75) is 52.6 Å². The van der Waals surface area contributed by atoms with E-state index < -0.39 is 0 Å². The zero-order chi connectivity index (χ0) is 13.3. The van der Waals surface area contributed by atoms with E-state index in [1.807, 2.05) is 0 Å². The lowest BCUT2D eigenvalue weighted by molar-refractivity contribution is 0.0592. The van der Waals surface area contributed by atoms with Crippen LogP contribution in [0.5, 0.6) is 0 Å². The molecule has 2 atom stereocenters. The van der Waals surface area contributed by atoms with Gasteiger partial charge in [-0.15, -0.1) is 0 Å². The molecule has 2 aliphatic rings. The van der Waals surface area contributed by atoms with Crippen LogP contribution in [0.25, 0.3) is 0 Å². The largest absolute Gasteiger partial charge is 0.311 e. The number of nitrogens with zero attached hydrogens (tertiary/aromatic N) is 1. The number of nitrogens with one attached hydrogen (secondary N) is 1. The second kappa shape index (κ2) is 5.52. The summed E-state index contributed by atoms with van der Waals surface area (Å²) >= 11 is 5.84. The highest BCUT2D eigenvalue weighted by molar-refractivity contribution is 6.25. The lowest BCUT2D eigenvalue weighted by Crippen LogP contribution is -2.61. The Morgan fingerprint density at radius 3 is 2.56 bits per heavy atom. The van der Waals surface area contributed by atoms with Crippen LogP contribution in [0.4, 0.5) is 0 Å². The van der Waals surface area contributed by atoms with Crippen molar-refractivity contribution in [2.75, 3.05) is 19.6 Å². The molecule has 1 aliphatic carbocycles. The van der Waals surface area contributed by atoms with E-state index in [9.17, 15) is 0 Å². The molecule has 2 unspecified atom stereocenters. The summed E-state index contributed by atoms with van der Waals surface area (Å²) in [4.78, 5) is 2.63. The van der Waals surface area contributed by atoms with E-state index in [2.05, 4.69) is 37.9 Å². The minimum absolute atomic E-state index is 0.314. The molecular formula is C15H27ClN2. The zero-order valence-electron chi connectivity index (χ0n) is 12.2. The van der Waals surface area contributed by atoms with Gasteiger partial charge in [0.25, 0.3) is 0 Å². The van der Waals surface area contributed by atoms with Crippen LogP contribution >= 0.6 is 11.6 Å². The minimum atomic E-state index is 0.314. The number of rotatable bonds is 3. The topological polar surface area (TPSA) is 15.3 Å². The molecule has 0 aromatic rings. The quantitative estimate of drug-likeness (QED) is 0.847. The second-order valence-electron chi connectivity index (χ2n) is 7.12. The van der Waals surface area contributed by atoms with Crippen LogP contribution < -0.4 is 5.32 Å². The van der Waals surface area contributed by atoms with Gasteiger partial charge in [-0.3, -0.25) is 4.90 Å². The van der Waals surface area contributed by atoms with Crippen LogP contribution in [0, 0.1) is 11.3 Å². The summed E-state index contributed by atoms with van der Waals surface area (Å²) in [6, 6.07) is 1.30. The Morgan fingerprint density at radius 2 is 2.06 bits per heavy atom. The molecule has 3 heteroatoms. The molecule has 0 aromatic heterocycles. The molecule has 18 heavy (non-hydrogen) atoms. The van der Waals surface area contributed by atoms with Crippen molar-refractivity contribution in [2.24, 2.45) is 11.3 Å². The molecule has 0 bridgehead atoms. The Labute approximate surface area is 117 Å². The lowest BCUT2D eigenvalue weighted by atomic mass is 9.83. The smallest absolute Gasteiger partial charge is 0.0273 e. The first kappa shape index (κ1) is 14.4. The van der Waals surface area contributed by atoms with Gasteiger partial charge in [-0.1, -0.05) is 32.4 Å². The molecule has 104 valence electrons. The summed E-state index contributed by atoms with van der Waals surface area (Å²) in [6.45, 7) is 12.4. The SMILES string of the molecule is CC(=CCl)CN1CC(C2CC2)NCC1C(C)(C)C. The van der Waals surface area contributed by atoms with Crippen molar-refractivity contribution in [3.05, 3.63) is 11.1 Å². The summed E-state index contributed by atoms with van der Waals surface area (Å²) in [6.07, 6.45) is 2.83. The summed E-state index contributed by atoms with van der Waals surface area (Å²) < 4.78 is 0. The van der Waals surface area contributed by atoms with Gasteiger partial charge in [0.15, 0.2) is 0 Å². The molecule has 0 aromatic carbocycles. The van der Waals surface area contributed by atoms with Gasteiger partial charge in [-0.05, 0) is 36.7 Å². The van der Waals surface area contributed by atoms with E-state index in [0.717, 1.165) is 19.0 Å². The molecule has 1 saturated carbocycles. The Morgan fingerprint density at radius 1 is 1.39 bits per heavy atom. The predicted octanol–water partition coefficient (Wildman–Crippen LogP) is 3.23. The summed E-state index contributed by atoms with van der Waals surface area (Å²) in [5.41, 5.74) is 3.31. The maximum Gasteiger partial charge on any atom is 0.0273 e. The van der Waals surface area contributed by atoms with E-state index in [1.54, 1.807) is 5.54 Å². The zero-order valence-corrected chi connectivity index (χ0v) is 12.9. The molecule has 1 heterocycles. The molecule has 1 aliphatic heterocycles. The van der Waals surface area contributed by atoms with Crippen LogP contribution in [0.1, 0.15) is 40.5 Å². The van der Waals surface area contributed by atoms with E-state index >= 15 is 0 Å². The van der Waals surface area contributed by atoms with E-state index in [0.29, 0.717) is 17.5 Å². The summed E-state index contributed by atoms with van der Waals surface area (Å²) in [7, 11) is 0. The maximum atomic E-state index is 5.84. The van der Waals surface area contributed by atoms with Crippen molar-refractivity contribution in [1.82, 2.24) is 10.2 Å². The summed E-state index contributed by atoms with van der Waals surface area (Å²) in [5, 5.41) is 3.76. The molecular weight excluding hydrogens is 244 g/mol. The number of halogens is 1. The molecule has 2 rings (SSSR count). The highest BCUT2D eigenvalue weighted by Gasteiger charge is 2.40. The standard InChI is InChI=1S/C15H27ClN2/c1-11(7-16)9-18-10-13(12-5-6-12)17-8-14(18)15(2,3)4/h7,12-14,17H,5-6,8-10H2,1-4H3. The Bertz CT molecular complexity index is 315. The lowest BCUT2D eigenvalue weighted by Gasteiger charge is -2.46. The number of piperazine rings is 1. The fourth-order valence-corrected chi connectivity index (χ4v) is 3.10. The average molecular weight is 271 g/mol. The van der Waals surface area contributed by atoms with Crippen molar-refractivity contribution in [3.63, 3.8) is 0 Å². The Kier molecular flexibility index (Phi) is 4.40. The van der Waals surface area contributed by atoms with Gasteiger partial charge >= 0.3 is 0 Å². The van der Waals surface area contributed by atoms with Crippen LogP contribution in [-0.4, -0.2) is 36.6 Å². The second-order valence-corrected chi connectivity index (χ2v) is 7.34. The molecule has 2 fully saturated rings. The predicted molar refractivity (Wildman–Crippen MR) is 78.9 cm³/mol. The molecule has 2 nitrogen and oxygen atoms in total.